The molecule has 0 spiro atoms. The Morgan fingerprint density at radius 1 is 1.00 bits per heavy atom. The average molecular weight is 352 g/mol. The van der Waals surface area contributed by atoms with E-state index in [4.69, 9.17) is 4.98 Å². The molecule has 0 aliphatic carbocycles. The van der Waals surface area contributed by atoms with Crippen LogP contribution in [0.2, 0.25) is 0 Å². The molecule has 1 aliphatic heterocycles. The number of anilines is 1. The van der Waals surface area contributed by atoms with E-state index in [2.05, 4.69) is 36.7 Å². The molecular formula is C21H28N4O. The minimum atomic E-state index is 0.129. The van der Waals surface area contributed by atoms with E-state index in [1.165, 1.54) is 5.56 Å². The van der Waals surface area contributed by atoms with Crippen LogP contribution in [0.3, 0.4) is 0 Å². The van der Waals surface area contributed by atoms with Crippen LogP contribution < -0.4 is 4.90 Å². The number of aryl methyl sites for hydroxylation is 3. The van der Waals surface area contributed by atoms with Gasteiger partial charge in [0.25, 0.3) is 5.91 Å². The van der Waals surface area contributed by atoms with Crippen molar-refractivity contribution in [1.29, 1.82) is 0 Å². The summed E-state index contributed by atoms with van der Waals surface area (Å²) >= 11 is 0. The van der Waals surface area contributed by atoms with Crippen LogP contribution in [0.25, 0.3) is 0 Å². The van der Waals surface area contributed by atoms with E-state index >= 15 is 0 Å². The molecule has 5 nitrogen and oxygen atoms in total. The highest BCUT2D eigenvalue weighted by atomic mass is 16.2. The third kappa shape index (κ3) is 3.87. The van der Waals surface area contributed by atoms with E-state index in [0.717, 1.165) is 41.6 Å². The Morgan fingerprint density at radius 3 is 2.31 bits per heavy atom. The van der Waals surface area contributed by atoms with Gasteiger partial charge in [-0.2, -0.15) is 0 Å². The van der Waals surface area contributed by atoms with Crippen molar-refractivity contribution in [2.45, 2.75) is 40.5 Å². The lowest BCUT2D eigenvalue weighted by Gasteiger charge is -2.36. The molecule has 3 rings (SSSR count). The molecule has 1 amide bonds. The molecule has 0 unspecified atom stereocenters. The minimum absolute atomic E-state index is 0.129. The maximum atomic E-state index is 12.9. The van der Waals surface area contributed by atoms with Crippen LogP contribution >= 0.6 is 0 Å². The van der Waals surface area contributed by atoms with E-state index < -0.39 is 0 Å². The van der Waals surface area contributed by atoms with Crippen molar-refractivity contribution < 1.29 is 4.79 Å². The molecule has 2 aromatic rings. The smallest absolute Gasteiger partial charge is 0.254 e. The number of piperazine rings is 1. The van der Waals surface area contributed by atoms with E-state index in [-0.39, 0.29) is 5.91 Å². The fraction of sp³-hybridized carbons (Fsp3) is 0.476. The van der Waals surface area contributed by atoms with E-state index in [1.54, 1.807) is 0 Å². The van der Waals surface area contributed by atoms with Crippen molar-refractivity contribution in [3.63, 3.8) is 0 Å². The molecule has 1 aliphatic rings. The van der Waals surface area contributed by atoms with Crippen molar-refractivity contribution in [2.24, 2.45) is 0 Å². The zero-order chi connectivity index (χ0) is 18.8. The predicted octanol–water partition coefficient (Wildman–Crippen LogP) is 3.49. The normalized spacial score (nSPS) is 14.8. The Morgan fingerprint density at radius 2 is 1.69 bits per heavy atom. The molecule has 0 atom stereocenters. The summed E-state index contributed by atoms with van der Waals surface area (Å²) in [6.07, 6.45) is 0. The van der Waals surface area contributed by atoms with Crippen LogP contribution in [0.4, 0.5) is 5.82 Å². The summed E-state index contributed by atoms with van der Waals surface area (Å²) in [4.78, 5) is 26.3. The van der Waals surface area contributed by atoms with Crippen molar-refractivity contribution in [1.82, 2.24) is 14.9 Å². The minimum Gasteiger partial charge on any atom is -0.353 e. The summed E-state index contributed by atoms with van der Waals surface area (Å²) in [5, 5.41) is 0. The number of hydrogen-bond acceptors (Lipinski definition) is 4. The lowest BCUT2D eigenvalue weighted by atomic mass is 10.0. The summed E-state index contributed by atoms with van der Waals surface area (Å²) in [5.74, 6) is 2.29. The number of carbonyl (C=O) groups excluding carboxylic acids is 1. The predicted molar refractivity (Wildman–Crippen MR) is 105 cm³/mol. The first-order chi connectivity index (χ1) is 12.3. The van der Waals surface area contributed by atoms with Crippen molar-refractivity contribution in [3.8, 4) is 0 Å². The number of amides is 1. The fourth-order valence-corrected chi connectivity index (χ4v) is 3.36. The van der Waals surface area contributed by atoms with Crippen LogP contribution in [-0.2, 0) is 0 Å². The van der Waals surface area contributed by atoms with Crippen LogP contribution in [0.15, 0.2) is 24.3 Å². The lowest BCUT2D eigenvalue weighted by molar-refractivity contribution is 0.0745. The molecular weight excluding hydrogens is 324 g/mol. The molecule has 1 fully saturated rings. The van der Waals surface area contributed by atoms with Gasteiger partial charge in [-0.15, -0.1) is 0 Å². The highest BCUT2D eigenvalue weighted by molar-refractivity contribution is 5.95. The highest BCUT2D eigenvalue weighted by Crippen LogP contribution is 2.20. The van der Waals surface area contributed by atoms with Crippen LogP contribution in [0.5, 0.6) is 0 Å². The third-order valence-electron chi connectivity index (χ3n) is 4.88. The second-order valence-corrected chi connectivity index (χ2v) is 7.48. The second kappa shape index (κ2) is 7.44. The Balaban J connectivity index is 1.70. The molecule has 1 aromatic carbocycles. The van der Waals surface area contributed by atoms with Gasteiger partial charge in [0.05, 0.1) is 0 Å². The van der Waals surface area contributed by atoms with Gasteiger partial charge in [0.15, 0.2) is 0 Å². The van der Waals surface area contributed by atoms with Gasteiger partial charge in [0.2, 0.25) is 0 Å². The number of hydrogen-bond donors (Lipinski definition) is 0. The number of aromatic nitrogens is 2. The van der Waals surface area contributed by atoms with Gasteiger partial charge in [-0.1, -0.05) is 31.5 Å². The summed E-state index contributed by atoms with van der Waals surface area (Å²) < 4.78 is 0. The van der Waals surface area contributed by atoms with Gasteiger partial charge < -0.3 is 9.80 Å². The lowest BCUT2D eigenvalue weighted by Crippen LogP contribution is -2.49. The van der Waals surface area contributed by atoms with Crippen molar-refractivity contribution in [3.05, 3.63) is 52.5 Å². The van der Waals surface area contributed by atoms with Gasteiger partial charge in [-0.05, 0) is 32.4 Å². The molecule has 1 saturated heterocycles. The first-order valence-corrected chi connectivity index (χ1v) is 9.32. The van der Waals surface area contributed by atoms with Crippen molar-refractivity contribution >= 4 is 11.7 Å². The quantitative estimate of drug-likeness (QED) is 0.848. The number of rotatable bonds is 3. The second-order valence-electron chi connectivity index (χ2n) is 7.48. The highest BCUT2D eigenvalue weighted by Gasteiger charge is 2.24. The number of nitrogens with zero attached hydrogens (tertiary/aromatic N) is 4. The maximum Gasteiger partial charge on any atom is 0.254 e. The Kier molecular flexibility index (Phi) is 5.25. The molecule has 0 N–H and O–H groups in total. The van der Waals surface area contributed by atoms with Gasteiger partial charge in [0, 0.05) is 49.4 Å². The molecule has 5 heteroatoms. The summed E-state index contributed by atoms with van der Waals surface area (Å²) in [6, 6.07) is 8.06. The van der Waals surface area contributed by atoms with Crippen LogP contribution in [0, 0.1) is 20.8 Å². The average Bonchev–Trinajstić information content (AvgIpc) is 2.61. The monoisotopic (exact) mass is 352 g/mol. The number of carbonyl (C=O) groups is 1. The zero-order valence-electron chi connectivity index (χ0n) is 16.4. The first kappa shape index (κ1) is 18.4. The van der Waals surface area contributed by atoms with Gasteiger partial charge in [-0.3, -0.25) is 4.79 Å². The number of benzene rings is 1. The standard InChI is InChI=1S/C21H28N4O/c1-14(2)20-22-17(5)13-19(23-20)24-8-10-25(11-9-24)21(26)18-7-6-15(3)12-16(18)4/h6-7,12-14H,8-11H2,1-5H3. The van der Waals surface area contributed by atoms with E-state index in [0.29, 0.717) is 19.0 Å². The zero-order valence-corrected chi connectivity index (χ0v) is 16.4. The Bertz CT molecular complexity index is 808. The Hall–Kier alpha value is -2.43. The summed E-state index contributed by atoms with van der Waals surface area (Å²) in [7, 11) is 0. The van der Waals surface area contributed by atoms with Crippen LogP contribution in [0.1, 0.15) is 52.8 Å². The summed E-state index contributed by atoms with van der Waals surface area (Å²) in [5.41, 5.74) is 4.03. The first-order valence-electron chi connectivity index (χ1n) is 9.32. The molecule has 1 aromatic heterocycles. The molecule has 0 radical (unpaired) electrons. The fourth-order valence-electron chi connectivity index (χ4n) is 3.36. The van der Waals surface area contributed by atoms with Crippen LogP contribution in [-0.4, -0.2) is 47.0 Å². The summed E-state index contributed by atoms with van der Waals surface area (Å²) in [6.45, 7) is 13.3. The molecule has 138 valence electrons. The molecule has 0 bridgehead atoms. The maximum absolute atomic E-state index is 12.9. The van der Waals surface area contributed by atoms with Gasteiger partial charge in [-0.25, -0.2) is 9.97 Å². The molecule has 26 heavy (non-hydrogen) atoms. The Labute approximate surface area is 156 Å². The van der Waals surface area contributed by atoms with Gasteiger partial charge in [0.1, 0.15) is 11.6 Å². The molecule has 2 heterocycles. The third-order valence-corrected chi connectivity index (χ3v) is 4.88. The van der Waals surface area contributed by atoms with Gasteiger partial charge >= 0.3 is 0 Å². The molecule has 0 saturated carbocycles. The largest absolute Gasteiger partial charge is 0.353 e. The SMILES string of the molecule is Cc1ccc(C(=O)N2CCN(c3cc(C)nc(C(C)C)n3)CC2)c(C)c1. The van der Waals surface area contributed by atoms with E-state index in [9.17, 15) is 4.79 Å². The van der Waals surface area contributed by atoms with Crippen molar-refractivity contribution in [2.75, 3.05) is 31.1 Å². The van der Waals surface area contributed by atoms with E-state index in [1.807, 2.05) is 36.9 Å². The topological polar surface area (TPSA) is 49.3 Å².